The number of pyridine rings is 1. The molecule has 0 spiro atoms. The lowest BCUT2D eigenvalue weighted by atomic mass is 10.0. The van der Waals surface area contributed by atoms with Crippen LogP contribution in [0.5, 0.6) is 0 Å². The second-order valence-corrected chi connectivity index (χ2v) is 3.99. The van der Waals surface area contributed by atoms with Crippen LogP contribution in [-0.2, 0) is 17.1 Å². The van der Waals surface area contributed by atoms with Crippen LogP contribution in [0.15, 0.2) is 10.8 Å². The molecule has 0 radical (unpaired) electrons. The number of rotatable bonds is 4. The van der Waals surface area contributed by atoms with Gasteiger partial charge in [-0.3, -0.25) is 4.79 Å². The Kier molecular flexibility index (Phi) is 4.61. The van der Waals surface area contributed by atoms with Gasteiger partial charge in [-0.25, -0.2) is 13.8 Å². The summed E-state index contributed by atoms with van der Waals surface area (Å²) >= 11 is 8.43. The topological polar surface area (TPSA) is 50.2 Å². The first kappa shape index (κ1) is 13.3. The Morgan fingerprint density at radius 2 is 2.25 bits per heavy atom. The summed E-state index contributed by atoms with van der Waals surface area (Å²) in [5.74, 6) is -1.24. The molecule has 7 heteroatoms. The van der Waals surface area contributed by atoms with Gasteiger partial charge in [-0.2, -0.15) is 0 Å². The minimum absolute atomic E-state index is 0.0272. The van der Waals surface area contributed by atoms with E-state index in [1.54, 1.807) is 0 Å². The number of aliphatic carboxylic acids is 1. The highest BCUT2D eigenvalue weighted by Crippen LogP contribution is 2.32. The molecule has 1 aromatic rings. The van der Waals surface area contributed by atoms with E-state index in [4.69, 9.17) is 16.7 Å². The molecule has 0 fully saturated rings. The smallest absolute Gasteiger partial charge is 0.307 e. The molecule has 0 aliphatic rings. The fourth-order valence-corrected chi connectivity index (χ4v) is 2.02. The molecule has 0 aromatic carbocycles. The number of nitrogens with zero attached hydrogens (tertiary/aromatic N) is 1. The van der Waals surface area contributed by atoms with Crippen molar-refractivity contribution in [2.75, 3.05) is 0 Å². The van der Waals surface area contributed by atoms with Crippen molar-refractivity contribution in [3.63, 3.8) is 0 Å². The quantitative estimate of drug-likeness (QED) is 0.686. The summed E-state index contributed by atoms with van der Waals surface area (Å²) in [6.45, 7) is 0. The SMILES string of the molecule is O=C(O)Cc1c(CCl)cnc(Br)c1C(F)F. The molecule has 0 saturated carbocycles. The molecule has 0 saturated heterocycles. The van der Waals surface area contributed by atoms with Gasteiger partial charge in [0.15, 0.2) is 0 Å². The number of aromatic nitrogens is 1. The van der Waals surface area contributed by atoms with Gasteiger partial charge < -0.3 is 5.11 Å². The van der Waals surface area contributed by atoms with Crippen molar-refractivity contribution >= 4 is 33.5 Å². The van der Waals surface area contributed by atoms with E-state index in [0.717, 1.165) is 0 Å². The molecule has 0 aliphatic carbocycles. The summed E-state index contributed by atoms with van der Waals surface area (Å²) < 4.78 is 25.4. The van der Waals surface area contributed by atoms with Gasteiger partial charge in [0.2, 0.25) is 0 Å². The summed E-state index contributed by atoms with van der Waals surface area (Å²) in [4.78, 5) is 14.3. The second kappa shape index (κ2) is 5.54. The molecule has 0 bridgehead atoms. The Morgan fingerprint density at radius 1 is 1.62 bits per heavy atom. The average molecular weight is 315 g/mol. The summed E-state index contributed by atoms with van der Waals surface area (Å²) in [6.07, 6.45) is -2.00. The predicted molar refractivity (Wildman–Crippen MR) is 57.8 cm³/mol. The number of carboxylic acid groups (broad SMARTS) is 1. The van der Waals surface area contributed by atoms with E-state index < -0.39 is 24.4 Å². The zero-order chi connectivity index (χ0) is 12.3. The first-order valence-electron chi connectivity index (χ1n) is 4.19. The number of alkyl halides is 3. The lowest BCUT2D eigenvalue weighted by molar-refractivity contribution is -0.136. The van der Waals surface area contributed by atoms with Crippen molar-refractivity contribution in [3.8, 4) is 0 Å². The van der Waals surface area contributed by atoms with E-state index in [9.17, 15) is 13.6 Å². The fraction of sp³-hybridized carbons (Fsp3) is 0.333. The third-order valence-corrected chi connectivity index (χ3v) is 2.88. The van der Waals surface area contributed by atoms with Crippen molar-refractivity contribution < 1.29 is 18.7 Å². The van der Waals surface area contributed by atoms with Crippen LogP contribution < -0.4 is 0 Å². The van der Waals surface area contributed by atoms with Crippen molar-refractivity contribution in [3.05, 3.63) is 27.5 Å². The number of halogens is 4. The Bertz CT molecular complexity index is 415. The monoisotopic (exact) mass is 313 g/mol. The first-order chi connectivity index (χ1) is 7.47. The highest BCUT2D eigenvalue weighted by Gasteiger charge is 2.22. The molecular formula is C9H7BrClF2NO2. The summed E-state index contributed by atoms with van der Waals surface area (Å²) in [5, 5.41) is 8.66. The molecule has 16 heavy (non-hydrogen) atoms. The standard InChI is InChI=1S/C9H7BrClF2NO2/c10-8-7(9(12)13)5(1-6(15)16)4(2-11)3-14-8/h3,9H,1-2H2,(H,15,16). The molecule has 0 atom stereocenters. The Labute approximate surface area is 104 Å². The Hall–Kier alpha value is -0.750. The van der Waals surface area contributed by atoms with Crippen LogP contribution in [0.1, 0.15) is 23.1 Å². The number of carbonyl (C=O) groups is 1. The Morgan fingerprint density at radius 3 is 2.69 bits per heavy atom. The summed E-state index contributed by atoms with van der Waals surface area (Å²) in [6, 6.07) is 0. The van der Waals surface area contributed by atoms with Gasteiger partial charge in [0.1, 0.15) is 4.60 Å². The van der Waals surface area contributed by atoms with Crippen LogP contribution >= 0.6 is 27.5 Å². The van der Waals surface area contributed by atoms with E-state index in [1.807, 2.05) is 0 Å². The van der Waals surface area contributed by atoms with E-state index in [2.05, 4.69) is 20.9 Å². The Balaban J connectivity index is 3.36. The normalized spacial score (nSPS) is 10.8. The summed E-state index contributed by atoms with van der Waals surface area (Å²) in [5.41, 5.74) is -0.0671. The van der Waals surface area contributed by atoms with Gasteiger partial charge in [-0.1, -0.05) is 0 Å². The van der Waals surface area contributed by atoms with Gasteiger partial charge in [0, 0.05) is 12.1 Å². The van der Waals surface area contributed by atoms with Crippen molar-refractivity contribution in [1.29, 1.82) is 0 Å². The van der Waals surface area contributed by atoms with Crippen molar-refractivity contribution in [1.82, 2.24) is 4.98 Å². The first-order valence-corrected chi connectivity index (χ1v) is 5.52. The van der Waals surface area contributed by atoms with Crippen LogP contribution in [0.3, 0.4) is 0 Å². The van der Waals surface area contributed by atoms with Crippen LogP contribution in [0.25, 0.3) is 0 Å². The van der Waals surface area contributed by atoms with Crippen LogP contribution in [0.4, 0.5) is 8.78 Å². The number of carboxylic acids is 1. The second-order valence-electron chi connectivity index (χ2n) is 2.97. The van der Waals surface area contributed by atoms with Gasteiger partial charge in [-0.15, -0.1) is 11.6 Å². The molecule has 0 unspecified atom stereocenters. The molecule has 3 nitrogen and oxygen atoms in total. The zero-order valence-electron chi connectivity index (χ0n) is 7.88. The van der Waals surface area contributed by atoms with Gasteiger partial charge in [0.25, 0.3) is 6.43 Å². The van der Waals surface area contributed by atoms with E-state index >= 15 is 0 Å². The van der Waals surface area contributed by atoms with Crippen molar-refractivity contribution in [2.24, 2.45) is 0 Å². The average Bonchev–Trinajstić information content (AvgIpc) is 2.16. The lowest BCUT2D eigenvalue weighted by Gasteiger charge is -2.12. The minimum atomic E-state index is -2.79. The highest BCUT2D eigenvalue weighted by molar-refractivity contribution is 9.10. The molecule has 88 valence electrons. The van der Waals surface area contributed by atoms with Crippen LogP contribution in [0, 0.1) is 0 Å². The molecule has 1 N–H and O–H groups in total. The fourth-order valence-electron chi connectivity index (χ4n) is 1.28. The third kappa shape index (κ3) is 2.89. The third-order valence-electron chi connectivity index (χ3n) is 1.96. The van der Waals surface area contributed by atoms with E-state index in [1.165, 1.54) is 6.20 Å². The van der Waals surface area contributed by atoms with E-state index in [-0.39, 0.29) is 16.0 Å². The maximum atomic E-state index is 12.7. The lowest BCUT2D eigenvalue weighted by Crippen LogP contribution is -2.09. The maximum absolute atomic E-state index is 12.7. The predicted octanol–water partition coefficient (Wildman–Crippen LogP) is 3.15. The molecule has 1 aromatic heterocycles. The van der Waals surface area contributed by atoms with Crippen LogP contribution in [-0.4, -0.2) is 16.1 Å². The molecule has 1 heterocycles. The number of hydrogen-bond acceptors (Lipinski definition) is 2. The zero-order valence-corrected chi connectivity index (χ0v) is 10.2. The van der Waals surface area contributed by atoms with Crippen molar-refractivity contribution in [2.45, 2.75) is 18.7 Å². The molecule has 0 amide bonds. The summed E-state index contributed by atoms with van der Waals surface area (Å²) in [7, 11) is 0. The van der Waals surface area contributed by atoms with Gasteiger partial charge in [0.05, 0.1) is 12.0 Å². The number of hydrogen-bond donors (Lipinski definition) is 1. The maximum Gasteiger partial charge on any atom is 0.307 e. The van der Waals surface area contributed by atoms with Gasteiger partial charge >= 0.3 is 5.97 Å². The van der Waals surface area contributed by atoms with E-state index in [0.29, 0.717) is 5.56 Å². The minimum Gasteiger partial charge on any atom is -0.481 e. The van der Waals surface area contributed by atoms with Crippen LogP contribution in [0.2, 0.25) is 0 Å². The largest absolute Gasteiger partial charge is 0.481 e. The molecular weight excluding hydrogens is 307 g/mol. The molecule has 0 aliphatic heterocycles. The van der Waals surface area contributed by atoms with Gasteiger partial charge in [-0.05, 0) is 27.1 Å². The highest BCUT2D eigenvalue weighted by atomic mass is 79.9. The molecule has 1 rings (SSSR count).